The molecule has 0 rings (SSSR count). The third-order valence-corrected chi connectivity index (χ3v) is 1.26. The van der Waals surface area contributed by atoms with Gasteiger partial charge in [-0.3, -0.25) is 4.99 Å². The van der Waals surface area contributed by atoms with Crippen LogP contribution >= 0.6 is 0 Å². The summed E-state index contributed by atoms with van der Waals surface area (Å²) in [6.45, 7) is 4.21. The molecule has 0 fully saturated rings. The average Bonchev–Trinajstić information content (AvgIpc) is 1.97. The van der Waals surface area contributed by atoms with Crippen LogP contribution in [-0.4, -0.2) is 26.4 Å². The molecule has 0 amide bonds. The van der Waals surface area contributed by atoms with E-state index in [1.54, 1.807) is 0 Å². The van der Waals surface area contributed by atoms with Crippen LogP contribution in [0.4, 0.5) is 0 Å². The van der Waals surface area contributed by atoms with E-state index in [1.165, 1.54) is 6.42 Å². The first-order chi connectivity index (χ1) is 4.91. The number of nitrogens with one attached hydrogen (secondary N) is 1. The SMILES string of the molecule is CCCC=NCCCNC. The Labute approximate surface area is 63.7 Å². The Morgan fingerprint density at radius 1 is 1.50 bits per heavy atom. The minimum atomic E-state index is 0.973. The van der Waals surface area contributed by atoms with Gasteiger partial charge in [0.1, 0.15) is 0 Å². The quantitative estimate of drug-likeness (QED) is 0.441. The van der Waals surface area contributed by atoms with Crippen molar-refractivity contribution in [3.63, 3.8) is 0 Å². The molecular formula is C8H18N2. The highest BCUT2D eigenvalue weighted by atomic mass is 14.8. The fourth-order valence-electron chi connectivity index (χ4n) is 0.659. The molecule has 0 aromatic rings. The Morgan fingerprint density at radius 3 is 2.90 bits per heavy atom. The van der Waals surface area contributed by atoms with Crippen molar-refractivity contribution in [2.24, 2.45) is 4.99 Å². The van der Waals surface area contributed by atoms with E-state index in [-0.39, 0.29) is 0 Å². The van der Waals surface area contributed by atoms with E-state index in [0.29, 0.717) is 0 Å². The van der Waals surface area contributed by atoms with E-state index in [1.807, 2.05) is 13.3 Å². The Balaban J connectivity index is 2.88. The van der Waals surface area contributed by atoms with Gasteiger partial charge in [-0.2, -0.15) is 0 Å². The molecule has 2 heteroatoms. The Hall–Kier alpha value is -0.370. The van der Waals surface area contributed by atoms with Crippen molar-refractivity contribution in [2.75, 3.05) is 20.1 Å². The standard InChI is InChI=1S/C8H18N2/c1-3-4-7-10-8-5-6-9-2/h7,9H,3-6,8H2,1-2H3. The van der Waals surface area contributed by atoms with Gasteiger partial charge in [-0.25, -0.2) is 0 Å². The summed E-state index contributed by atoms with van der Waals surface area (Å²) < 4.78 is 0. The van der Waals surface area contributed by atoms with Crippen molar-refractivity contribution in [3.8, 4) is 0 Å². The summed E-state index contributed by atoms with van der Waals surface area (Å²) in [5.74, 6) is 0. The van der Waals surface area contributed by atoms with Crippen LogP contribution in [0.3, 0.4) is 0 Å². The van der Waals surface area contributed by atoms with Gasteiger partial charge in [0.2, 0.25) is 0 Å². The smallest absolute Gasteiger partial charge is 0.0397 e. The second-order valence-electron chi connectivity index (χ2n) is 2.33. The molecule has 0 aromatic heterocycles. The van der Waals surface area contributed by atoms with Crippen molar-refractivity contribution >= 4 is 6.21 Å². The topological polar surface area (TPSA) is 24.4 Å². The van der Waals surface area contributed by atoms with Crippen molar-refractivity contribution < 1.29 is 0 Å². The maximum absolute atomic E-state index is 4.23. The van der Waals surface area contributed by atoms with Crippen LogP contribution in [0.25, 0.3) is 0 Å². The average molecular weight is 142 g/mol. The summed E-state index contributed by atoms with van der Waals surface area (Å²) >= 11 is 0. The molecule has 10 heavy (non-hydrogen) atoms. The van der Waals surface area contributed by atoms with Gasteiger partial charge in [0.15, 0.2) is 0 Å². The maximum Gasteiger partial charge on any atom is 0.0397 e. The lowest BCUT2D eigenvalue weighted by Crippen LogP contribution is -2.08. The number of rotatable bonds is 6. The van der Waals surface area contributed by atoms with E-state index in [4.69, 9.17) is 0 Å². The van der Waals surface area contributed by atoms with Gasteiger partial charge in [0.05, 0.1) is 0 Å². The molecule has 0 saturated heterocycles. The second-order valence-corrected chi connectivity index (χ2v) is 2.33. The molecule has 0 saturated carbocycles. The summed E-state index contributed by atoms with van der Waals surface area (Å²) in [5.41, 5.74) is 0. The van der Waals surface area contributed by atoms with Crippen molar-refractivity contribution in [2.45, 2.75) is 26.2 Å². The maximum atomic E-state index is 4.23. The van der Waals surface area contributed by atoms with Crippen LogP contribution in [0.15, 0.2) is 4.99 Å². The van der Waals surface area contributed by atoms with Crippen LogP contribution in [0.1, 0.15) is 26.2 Å². The van der Waals surface area contributed by atoms with Gasteiger partial charge in [0, 0.05) is 6.54 Å². The minimum absolute atomic E-state index is 0.973. The van der Waals surface area contributed by atoms with Gasteiger partial charge >= 0.3 is 0 Å². The van der Waals surface area contributed by atoms with Crippen LogP contribution in [0, 0.1) is 0 Å². The summed E-state index contributed by atoms with van der Waals surface area (Å²) in [6.07, 6.45) is 5.50. The number of hydrogen-bond acceptors (Lipinski definition) is 2. The van der Waals surface area contributed by atoms with Gasteiger partial charge in [-0.1, -0.05) is 13.3 Å². The number of aliphatic imine (C=N–C) groups is 1. The van der Waals surface area contributed by atoms with Gasteiger partial charge in [-0.15, -0.1) is 0 Å². The Kier molecular flexibility index (Phi) is 8.31. The largest absolute Gasteiger partial charge is 0.320 e. The van der Waals surface area contributed by atoms with Crippen LogP contribution in [-0.2, 0) is 0 Å². The molecule has 0 unspecified atom stereocenters. The van der Waals surface area contributed by atoms with Crippen LogP contribution in [0.5, 0.6) is 0 Å². The minimum Gasteiger partial charge on any atom is -0.320 e. The fourth-order valence-corrected chi connectivity index (χ4v) is 0.659. The molecule has 0 radical (unpaired) electrons. The molecule has 0 aliphatic heterocycles. The molecule has 60 valence electrons. The molecule has 0 bridgehead atoms. The summed E-state index contributed by atoms with van der Waals surface area (Å²) in [7, 11) is 1.97. The third-order valence-electron chi connectivity index (χ3n) is 1.26. The lowest BCUT2D eigenvalue weighted by Gasteiger charge is -1.93. The van der Waals surface area contributed by atoms with Crippen molar-refractivity contribution in [3.05, 3.63) is 0 Å². The molecule has 0 aliphatic rings. The second kappa shape index (κ2) is 8.63. The van der Waals surface area contributed by atoms with E-state index in [9.17, 15) is 0 Å². The number of nitrogens with zero attached hydrogens (tertiary/aromatic N) is 1. The van der Waals surface area contributed by atoms with Crippen LogP contribution < -0.4 is 5.32 Å². The molecular weight excluding hydrogens is 124 g/mol. The summed E-state index contributed by atoms with van der Waals surface area (Å²) in [6, 6.07) is 0. The highest BCUT2D eigenvalue weighted by molar-refractivity contribution is 5.56. The molecule has 0 spiro atoms. The first-order valence-corrected chi connectivity index (χ1v) is 4.04. The highest BCUT2D eigenvalue weighted by Crippen LogP contribution is 1.82. The lowest BCUT2D eigenvalue weighted by molar-refractivity contribution is 0.734. The van der Waals surface area contributed by atoms with Crippen LogP contribution in [0.2, 0.25) is 0 Å². The molecule has 1 N–H and O–H groups in total. The Bertz CT molecular complexity index is 79.3. The zero-order valence-electron chi connectivity index (χ0n) is 7.06. The molecule has 0 atom stereocenters. The zero-order chi connectivity index (χ0) is 7.66. The van der Waals surface area contributed by atoms with E-state index in [2.05, 4.69) is 17.2 Å². The normalized spacial score (nSPS) is 11.0. The molecule has 0 heterocycles. The monoisotopic (exact) mass is 142 g/mol. The lowest BCUT2D eigenvalue weighted by atomic mass is 10.4. The summed E-state index contributed by atoms with van der Waals surface area (Å²) in [4.78, 5) is 4.23. The summed E-state index contributed by atoms with van der Waals surface area (Å²) in [5, 5.41) is 3.08. The van der Waals surface area contributed by atoms with Gasteiger partial charge < -0.3 is 5.32 Å². The predicted molar refractivity (Wildman–Crippen MR) is 46.8 cm³/mol. The first-order valence-electron chi connectivity index (χ1n) is 4.04. The molecule has 0 aliphatic carbocycles. The van der Waals surface area contributed by atoms with E-state index < -0.39 is 0 Å². The van der Waals surface area contributed by atoms with Crippen molar-refractivity contribution in [1.82, 2.24) is 5.32 Å². The van der Waals surface area contributed by atoms with Gasteiger partial charge in [0.25, 0.3) is 0 Å². The Morgan fingerprint density at radius 2 is 2.30 bits per heavy atom. The van der Waals surface area contributed by atoms with E-state index in [0.717, 1.165) is 25.9 Å². The third kappa shape index (κ3) is 7.63. The van der Waals surface area contributed by atoms with Crippen molar-refractivity contribution in [1.29, 1.82) is 0 Å². The number of unbranched alkanes of at least 4 members (excludes halogenated alkanes) is 1. The van der Waals surface area contributed by atoms with Gasteiger partial charge in [-0.05, 0) is 32.6 Å². The van der Waals surface area contributed by atoms with E-state index >= 15 is 0 Å². The first kappa shape index (κ1) is 9.63. The molecule has 0 aromatic carbocycles. The zero-order valence-corrected chi connectivity index (χ0v) is 7.06. The highest BCUT2D eigenvalue weighted by Gasteiger charge is 1.79. The fraction of sp³-hybridized carbons (Fsp3) is 0.875. The number of hydrogen-bond donors (Lipinski definition) is 1. The molecule has 2 nitrogen and oxygen atoms in total. The predicted octanol–water partition coefficient (Wildman–Crippen LogP) is 1.47.